The van der Waals surface area contributed by atoms with Gasteiger partial charge in [-0.05, 0) is 17.7 Å². The van der Waals surface area contributed by atoms with Gasteiger partial charge in [0.2, 0.25) is 5.91 Å². The van der Waals surface area contributed by atoms with Crippen LogP contribution in [-0.4, -0.2) is 34.9 Å². The quantitative estimate of drug-likeness (QED) is 0.738. The highest BCUT2D eigenvalue weighted by molar-refractivity contribution is 5.77. The number of aryl methyl sites for hydroxylation is 1. The molecule has 6 heteroatoms. The van der Waals surface area contributed by atoms with Gasteiger partial charge in [0.25, 0.3) is 0 Å². The molecule has 0 saturated carbocycles. The van der Waals surface area contributed by atoms with E-state index in [4.69, 9.17) is 10.2 Å². The molecule has 0 bridgehead atoms. The molecule has 2 heterocycles. The molecule has 28 heavy (non-hydrogen) atoms. The molecular formula is C22H22FN3O2. The van der Waals surface area contributed by atoms with Crippen molar-refractivity contribution >= 4 is 5.91 Å². The third-order valence-electron chi connectivity index (χ3n) is 5.19. The van der Waals surface area contributed by atoms with Gasteiger partial charge in [-0.1, -0.05) is 42.5 Å². The lowest BCUT2D eigenvalue weighted by molar-refractivity contribution is -0.130. The predicted octanol–water partition coefficient (Wildman–Crippen LogP) is 3.37. The van der Waals surface area contributed by atoms with Gasteiger partial charge >= 0.3 is 0 Å². The summed E-state index contributed by atoms with van der Waals surface area (Å²) in [5.74, 6) is 0.612. The summed E-state index contributed by atoms with van der Waals surface area (Å²) in [5.41, 5.74) is 7.79. The number of likely N-dealkylation sites (tertiary alicyclic amines) is 1. The number of halogens is 1. The van der Waals surface area contributed by atoms with Crippen LogP contribution in [0.2, 0.25) is 0 Å². The largest absolute Gasteiger partial charge is 0.441 e. The van der Waals surface area contributed by atoms with Crippen LogP contribution in [0.5, 0.6) is 0 Å². The average Bonchev–Trinajstić information content (AvgIpc) is 3.34. The van der Waals surface area contributed by atoms with E-state index in [1.807, 2.05) is 23.1 Å². The van der Waals surface area contributed by atoms with Crippen molar-refractivity contribution in [1.82, 2.24) is 9.88 Å². The molecule has 1 aromatic heterocycles. The second-order valence-corrected chi connectivity index (χ2v) is 7.08. The Bertz CT molecular complexity index is 957. The summed E-state index contributed by atoms with van der Waals surface area (Å²) in [6.45, 7) is 1.17. The van der Waals surface area contributed by atoms with E-state index in [1.54, 1.807) is 18.2 Å². The zero-order valence-electron chi connectivity index (χ0n) is 15.4. The lowest BCUT2D eigenvalue weighted by Crippen LogP contribution is -2.32. The van der Waals surface area contributed by atoms with Crippen molar-refractivity contribution in [2.75, 3.05) is 13.1 Å². The molecule has 5 nitrogen and oxygen atoms in total. The van der Waals surface area contributed by atoms with Gasteiger partial charge in [-0.15, -0.1) is 0 Å². The van der Waals surface area contributed by atoms with E-state index >= 15 is 0 Å². The van der Waals surface area contributed by atoms with Crippen molar-refractivity contribution in [2.45, 2.75) is 24.8 Å². The van der Waals surface area contributed by atoms with E-state index in [0.717, 1.165) is 5.56 Å². The number of nitrogens with two attached hydrogens (primary N) is 1. The maximum absolute atomic E-state index is 13.9. The monoisotopic (exact) mass is 379 g/mol. The zero-order chi connectivity index (χ0) is 19.5. The van der Waals surface area contributed by atoms with E-state index in [1.165, 1.54) is 12.3 Å². The highest BCUT2D eigenvalue weighted by Gasteiger charge is 2.33. The maximum atomic E-state index is 13.9. The standard InChI is InChI=1S/C22H22FN3O2/c23-18-9-5-4-8-16(18)20-12-25-21(28-20)10-11-22(27)26-13-17(19(24)14-26)15-6-2-1-3-7-15/h1-9,12,17,19H,10-11,13-14,24H2/t17-,19+/m0/s1. The van der Waals surface area contributed by atoms with Gasteiger partial charge < -0.3 is 15.1 Å². The molecule has 0 radical (unpaired) electrons. The Kier molecular flexibility index (Phi) is 5.21. The Morgan fingerprint density at radius 3 is 2.68 bits per heavy atom. The van der Waals surface area contributed by atoms with Crippen LogP contribution >= 0.6 is 0 Å². The molecule has 144 valence electrons. The summed E-state index contributed by atoms with van der Waals surface area (Å²) in [5, 5.41) is 0. The van der Waals surface area contributed by atoms with Crippen LogP contribution in [0.15, 0.2) is 65.2 Å². The Hall–Kier alpha value is -2.99. The first-order chi connectivity index (χ1) is 13.6. The molecule has 1 fully saturated rings. The number of hydrogen-bond donors (Lipinski definition) is 1. The summed E-state index contributed by atoms with van der Waals surface area (Å²) in [6, 6.07) is 16.4. The van der Waals surface area contributed by atoms with Crippen LogP contribution in [0.1, 0.15) is 23.8 Å². The van der Waals surface area contributed by atoms with Gasteiger partial charge in [0.05, 0.1) is 11.8 Å². The van der Waals surface area contributed by atoms with E-state index in [2.05, 4.69) is 17.1 Å². The molecule has 1 amide bonds. The molecule has 0 spiro atoms. The number of rotatable bonds is 5. The van der Waals surface area contributed by atoms with E-state index in [0.29, 0.717) is 36.7 Å². The molecule has 4 rings (SSSR count). The van der Waals surface area contributed by atoms with Gasteiger partial charge in [0.15, 0.2) is 11.7 Å². The molecule has 1 aliphatic rings. The third kappa shape index (κ3) is 3.82. The second-order valence-electron chi connectivity index (χ2n) is 7.08. The third-order valence-corrected chi connectivity index (χ3v) is 5.19. The van der Waals surface area contributed by atoms with Crippen molar-refractivity contribution < 1.29 is 13.6 Å². The molecule has 2 N–H and O–H groups in total. The highest BCUT2D eigenvalue weighted by atomic mass is 19.1. The summed E-state index contributed by atoms with van der Waals surface area (Å²) in [6.07, 6.45) is 2.15. The molecule has 0 aliphatic carbocycles. The average molecular weight is 379 g/mol. The summed E-state index contributed by atoms with van der Waals surface area (Å²) in [7, 11) is 0. The number of amides is 1. The van der Waals surface area contributed by atoms with Crippen LogP contribution in [0.4, 0.5) is 4.39 Å². The predicted molar refractivity (Wildman–Crippen MR) is 104 cm³/mol. The summed E-state index contributed by atoms with van der Waals surface area (Å²) < 4.78 is 19.5. The summed E-state index contributed by atoms with van der Waals surface area (Å²) >= 11 is 0. The minimum Gasteiger partial charge on any atom is -0.441 e. The van der Waals surface area contributed by atoms with Crippen LogP contribution in [0.25, 0.3) is 11.3 Å². The normalized spacial score (nSPS) is 19.1. The Labute approximate surface area is 163 Å². The Morgan fingerprint density at radius 1 is 1.14 bits per heavy atom. The smallest absolute Gasteiger partial charge is 0.223 e. The Morgan fingerprint density at radius 2 is 1.89 bits per heavy atom. The zero-order valence-corrected chi connectivity index (χ0v) is 15.4. The molecule has 2 atom stereocenters. The van der Waals surface area contributed by atoms with Crippen LogP contribution in [0.3, 0.4) is 0 Å². The fourth-order valence-electron chi connectivity index (χ4n) is 3.67. The van der Waals surface area contributed by atoms with Crippen molar-refractivity contribution in [1.29, 1.82) is 0 Å². The molecule has 1 aliphatic heterocycles. The number of nitrogens with zero attached hydrogens (tertiary/aromatic N) is 2. The Balaban J connectivity index is 1.36. The molecule has 0 unspecified atom stereocenters. The van der Waals surface area contributed by atoms with Gasteiger partial charge in [-0.25, -0.2) is 9.37 Å². The molecule has 3 aromatic rings. The second kappa shape index (κ2) is 7.94. The lowest BCUT2D eigenvalue weighted by atomic mass is 9.95. The van der Waals surface area contributed by atoms with Crippen LogP contribution in [0, 0.1) is 5.82 Å². The van der Waals surface area contributed by atoms with Gasteiger partial charge in [0, 0.05) is 37.9 Å². The van der Waals surface area contributed by atoms with Crippen molar-refractivity contribution in [2.24, 2.45) is 5.73 Å². The topological polar surface area (TPSA) is 72.4 Å². The first kappa shape index (κ1) is 18.4. The number of carbonyl (C=O) groups is 1. The summed E-state index contributed by atoms with van der Waals surface area (Å²) in [4.78, 5) is 18.6. The lowest BCUT2D eigenvalue weighted by Gasteiger charge is -2.16. The minimum absolute atomic E-state index is 0.0273. The first-order valence-corrected chi connectivity index (χ1v) is 9.39. The van der Waals surface area contributed by atoms with Crippen molar-refractivity contribution in [3.8, 4) is 11.3 Å². The van der Waals surface area contributed by atoms with E-state index in [-0.39, 0.29) is 30.1 Å². The van der Waals surface area contributed by atoms with Crippen LogP contribution < -0.4 is 5.73 Å². The number of oxazole rings is 1. The van der Waals surface area contributed by atoms with Crippen molar-refractivity contribution in [3.05, 3.63) is 78.1 Å². The SMILES string of the molecule is N[C@@H]1CN(C(=O)CCc2ncc(-c3ccccc3F)o2)C[C@H]1c1ccccc1. The van der Waals surface area contributed by atoms with Gasteiger partial charge in [0.1, 0.15) is 5.82 Å². The first-order valence-electron chi connectivity index (χ1n) is 9.39. The van der Waals surface area contributed by atoms with Gasteiger partial charge in [-0.2, -0.15) is 0 Å². The molecule has 1 saturated heterocycles. The minimum atomic E-state index is -0.362. The van der Waals surface area contributed by atoms with Gasteiger partial charge in [-0.3, -0.25) is 4.79 Å². The molecular weight excluding hydrogens is 357 g/mol. The number of benzene rings is 2. The number of aromatic nitrogens is 1. The maximum Gasteiger partial charge on any atom is 0.223 e. The van der Waals surface area contributed by atoms with Crippen LogP contribution in [-0.2, 0) is 11.2 Å². The molecule has 2 aromatic carbocycles. The fourth-order valence-corrected chi connectivity index (χ4v) is 3.67. The number of carbonyl (C=O) groups excluding carboxylic acids is 1. The number of hydrogen-bond acceptors (Lipinski definition) is 4. The van der Waals surface area contributed by atoms with E-state index in [9.17, 15) is 9.18 Å². The van der Waals surface area contributed by atoms with E-state index < -0.39 is 0 Å². The van der Waals surface area contributed by atoms with Crippen molar-refractivity contribution in [3.63, 3.8) is 0 Å². The highest BCUT2D eigenvalue weighted by Crippen LogP contribution is 2.27. The fraction of sp³-hybridized carbons (Fsp3) is 0.273.